The van der Waals surface area contributed by atoms with E-state index in [1.807, 2.05) is 25.1 Å². The molecule has 9 nitrogen and oxygen atoms in total. The fourth-order valence-electron chi connectivity index (χ4n) is 2.85. The van der Waals surface area contributed by atoms with Gasteiger partial charge in [-0.1, -0.05) is 18.2 Å². The molecule has 0 saturated carbocycles. The first kappa shape index (κ1) is 26.0. The van der Waals surface area contributed by atoms with Gasteiger partial charge in [0.2, 0.25) is 10.0 Å². The van der Waals surface area contributed by atoms with Gasteiger partial charge in [-0.3, -0.25) is 4.79 Å². The second kappa shape index (κ2) is 12.1. The summed E-state index contributed by atoms with van der Waals surface area (Å²) in [5, 5.41) is 8.24. The first-order valence-electron chi connectivity index (χ1n) is 10.4. The number of sulfonamides is 1. The maximum atomic E-state index is 12.4. The predicted octanol–water partition coefficient (Wildman–Crippen LogP) is 2.11. The van der Waals surface area contributed by atoms with Crippen molar-refractivity contribution in [2.45, 2.75) is 11.4 Å². The molecule has 3 N–H and O–H groups in total. The van der Waals surface area contributed by atoms with Gasteiger partial charge in [0.1, 0.15) is 0 Å². The molecule has 3 amide bonds. The van der Waals surface area contributed by atoms with Crippen molar-refractivity contribution in [3.63, 3.8) is 0 Å². The molecule has 2 rings (SSSR count). The second-order valence-corrected chi connectivity index (χ2v) is 9.71. The topological polar surface area (TPSA) is 111 Å². The predicted molar refractivity (Wildman–Crippen MR) is 130 cm³/mol. The van der Waals surface area contributed by atoms with Crippen LogP contribution >= 0.6 is 0 Å². The third kappa shape index (κ3) is 8.01. The number of anilines is 1. The lowest BCUT2D eigenvalue weighted by Gasteiger charge is -2.15. The molecule has 33 heavy (non-hydrogen) atoms. The van der Waals surface area contributed by atoms with Crippen molar-refractivity contribution in [1.29, 1.82) is 0 Å². The van der Waals surface area contributed by atoms with Crippen molar-refractivity contribution in [2.24, 2.45) is 0 Å². The zero-order valence-electron chi connectivity index (χ0n) is 19.2. The highest BCUT2D eigenvalue weighted by Crippen LogP contribution is 2.17. The minimum atomic E-state index is -3.62. The smallest absolute Gasteiger partial charge is 0.319 e. The Bertz CT molecular complexity index is 1070. The van der Waals surface area contributed by atoms with E-state index in [1.165, 1.54) is 41.7 Å². The molecule has 2 aromatic rings. The van der Waals surface area contributed by atoms with Crippen LogP contribution in [0, 0.1) is 0 Å². The van der Waals surface area contributed by atoms with Gasteiger partial charge in [0, 0.05) is 44.5 Å². The Morgan fingerprint density at radius 1 is 1.03 bits per heavy atom. The summed E-state index contributed by atoms with van der Waals surface area (Å²) in [6, 6.07) is 12.5. The van der Waals surface area contributed by atoms with Crippen molar-refractivity contribution >= 4 is 27.6 Å². The normalized spacial score (nSPS) is 11.3. The van der Waals surface area contributed by atoms with Gasteiger partial charge in [-0.25, -0.2) is 13.2 Å². The highest BCUT2D eigenvalue weighted by molar-refractivity contribution is 7.89. The molecule has 10 heteroatoms. The van der Waals surface area contributed by atoms with E-state index in [-0.39, 0.29) is 23.9 Å². The number of rotatable bonds is 11. The molecule has 0 aromatic heterocycles. The number of hydrogen-bond acceptors (Lipinski definition) is 5. The summed E-state index contributed by atoms with van der Waals surface area (Å²) in [5.74, 6) is -0.170. The summed E-state index contributed by atoms with van der Waals surface area (Å²) in [5.41, 5.74) is 1.75. The average Bonchev–Trinajstić information content (AvgIpc) is 2.78. The number of amides is 3. The van der Waals surface area contributed by atoms with Gasteiger partial charge in [-0.15, -0.1) is 6.58 Å². The van der Waals surface area contributed by atoms with E-state index in [0.717, 1.165) is 12.1 Å². The second-order valence-electron chi connectivity index (χ2n) is 7.67. The number of urea groups is 1. The van der Waals surface area contributed by atoms with E-state index in [2.05, 4.69) is 22.5 Å². The maximum Gasteiger partial charge on any atom is 0.319 e. The van der Waals surface area contributed by atoms with Gasteiger partial charge >= 0.3 is 6.03 Å². The Labute approximate surface area is 195 Å². The van der Waals surface area contributed by atoms with Crippen molar-refractivity contribution in [2.75, 3.05) is 46.1 Å². The van der Waals surface area contributed by atoms with Crippen LogP contribution in [0.2, 0.25) is 0 Å². The van der Waals surface area contributed by atoms with Crippen molar-refractivity contribution < 1.29 is 18.0 Å². The fourth-order valence-corrected chi connectivity index (χ4v) is 3.99. The molecule has 0 radical (unpaired) electrons. The molecule has 0 saturated heterocycles. The number of likely N-dealkylation sites (N-methyl/N-ethyl adjacent to an activating group) is 2. The monoisotopic (exact) mass is 473 g/mol. The molecule has 0 heterocycles. The summed E-state index contributed by atoms with van der Waals surface area (Å²) in [6.45, 7) is 5.25. The van der Waals surface area contributed by atoms with Crippen LogP contribution in [0.1, 0.15) is 15.9 Å². The van der Waals surface area contributed by atoms with E-state index < -0.39 is 16.1 Å². The largest absolute Gasteiger partial charge is 0.351 e. The number of carbonyl (C=O) groups is 2. The van der Waals surface area contributed by atoms with Crippen LogP contribution in [-0.4, -0.2) is 70.3 Å². The summed E-state index contributed by atoms with van der Waals surface area (Å²) in [7, 11) is 1.72. The maximum absolute atomic E-state index is 12.4. The number of nitrogens with one attached hydrogen (secondary N) is 3. The van der Waals surface area contributed by atoms with Crippen molar-refractivity contribution in [1.82, 2.24) is 19.8 Å². The fraction of sp³-hybridized carbons (Fsp3) is 0.304. The Morgan fingerprint density at radius 3 is 2.36 bits per heavy atom. The highest BCUT2D eigenvalue weighted by Gasteiger charge is 2.19. The van der Waals surface area contributed by atoms with Crippen LogP contribution in [-0.2, 0) is 16.6 Å². The summed E-state index contributed by atoms with van der Waals surface area (Å²) in [6.07, 6.45) is 1.51. The molecule has 0 aliphatic rings. The van der Waals surface area contributed by atoms with Crippen LogP contribution in [0.3, 0.4) is 0 Å². The molecular weight excluding hydrogens is 442 g/mol. The molecule has 0 aliphatic heterocycles. The van der Waals surface area contributed by atoms with E-state index in [9.17, 15) is 18.0 Å². The molecule has 0 aliphatic carbocycles. The number of nitrogens with zero attached hydrogens (tertiary/aromatic N) is 2. The lowest BCUT2D eigenvalue weighted by atomic mass is 10.1. The molecule has 2 aromatic carbocycles. The lowest BCUT2D eigenvalue weighted by molar-refractivity contribution is 0.0951. The van der Waals surface area contributed by atoms with E-state index in [1.54, 1.807) is 18.2 Å². The highest BCUT2D eigenvalue weighted by atomic mass is 32.2. The van der Waals surface area contributed by atoms with Crippen LogP contribution in [0.4, 0.5) is 10.5 Å². The third-order valence-electron chi connectivity index (χ3n) is 4.69. The first-order chi connectivity index (χ1) is 15.6. The minimum Gasteiger partial charge on any atom is -0.351 e. The van der Waals surface area contributed by atoms with Crippen LogP contribution in [0.15, 0.2) is 66.1 Å². The zero-order chi connectivity index (χ0) is 24.4. The van der Waals surface area contributed by atoms with Gasteiger partial charge < -0.3 is 20.9 Å². The number of carbonyl (C=O) groups excluding carboxylic acids is 2. The average molecular weight is 474 g/mol. The quantitative estimate of drug-likeness (QED) is 0.433. The molecule has 0 unspecified atom stereocenters. The summed E-state index contributed by atoms with van der Waals surface area (Å²) >= 11 is 0. The van der Waals surface area contributed by atoms with Gasteiger partial charge in [-0.05, 0) is 56.1 Å². The SMILES string of the molecule is C=CCN(C)S(=O)(=O)c1ccc(NC(=O)NCc2cccc(C(=O)NCCN(C)C)c2)cc1. The van der Waals surface area contributed by atoms with E-state index in [0.29, 0.717) is 17.8 Å². The molecule has 0 fully saturated rings. The van der Waals surface area contributed by atoms with Crippen LogP contribution < -0.4 is 16.0 Å². The molecule has 0 bridgehead atoms. The Balaban J connectivity index is 1.90. The zero-order valence-corrected chi connectivity index (χ0v) is 20.0. The summed E-state index contributed by atoms with van der Waals surface area (Å²) in [4.78, 5) is 26.6. The third-order valence-corrected chi connectivity index (χ3v) is 6.53. The van der Waals surface area contributed by atoms with Gasteiger partial charge in [0.15, 0.2) is 0 Å². The van der Waals surface area contributed by atoms with Gasteiger partial charge in [0.05, 0.1) is 4.90 Å². The van der Waals surface area contributed by atoms with Crippen LogP contribution in [0.5, 0.6) is 0 Å². The Kier molecular flexibility index (Phi) is 9.58. The summed E-state index contributed by atoms with van der Waals surface area (Å²) < 4.78 is 26.0. The van der Waals surface area contributed by atoms with Crippen LogP contribution in [0.25, 0.3) is 0 Å². The Hall–Kier alpha value is -3.21. The minimum absolute atomic E-state index is 0.124. The molecular formula is C23H31N5O4S. The molecule has 178 valence electrons. The van der Waals surface area contributed by atoms with E-state index >= 15 is 0 Å². The standard InChI is InChI=1S/C23H31N5O4S/c1-5-14-28(4)33(31,32)21-11-9-20(10-12-21)26-23(30)25-17-18-7-6-8-19(16-18)22(29)24-13-15-27(2)3/h5-12,16H,1,13-15,17H2,2-4H3,(H,24,29)(H2,25,26,30). The molecule has 0 atom stereocenters. The number of benzene rings is 2. The van der Waals surface area contributed by atoms with Gasteiger partial charge in [-0.2, -0.15) is 4.31 Å². The van der Waals surface area contributed by atoms with Crippen molar-refractivity contribution in [3.05, 3.63) is 72.3 Å². The van der Waals surface area contributed by atoms with Gasteiger partial charge in [0.25, 0.3) is 5.91 Å². The first-order valence-corrected chi connectivity index (χ1v) is 11.8. The van der Waals surface area contributed by atoms with E-state index in [4.69, 9.17) is 0 Å². The molecule has 0 spiro atoms. The lowest BCUT2D eigenvalue weighted by Crippen LogP contribution is -2.31. The Morgan fingerprint density at radius 2 is 1.73 bits per heavy atom. The van der Waals surface area contributed by atoms with Crippen molar-refractivity contribution in [3.8, 4) is 0 Å². The number of hydrogen-bond donors (Lipinski definition) is 3.